The van der Waals surface area contributed by atoms with Gasteiger partial charge in [0.05, 0.1) is 6.10 Å². The summed E-state index contributed by atoms with van der Waals surface area (Å²) in [4.78, 5) is 8.95. The molecule has 0 saturated carbocycles. The van der Waals surface area contributed by atoms with Gasteiger partial charge in [-0.3, -0.25) is 0 Å². The third-order valence-corrected chi connectivity index (χ3v) is 2.41. The Balaban J connectivity index is 2.59. The second-order valence-corrected chi connectivity index (χ2v) is 6.01. The predicted molar refractivity (Wildman–Crippen MR) is 73.9 cm³/mol. The lowest BCUT2D eigenvalue weighted by Gasteiger charge is -2.15. The molecule has 2 atom stereocenters. The average molecular weight is 302 g/mol. The van der Waals surface area contributed by atoms with Crippen LogP contribution in [0.1, 0.15) is 34.1 Å². The molecule has 0 aliphatic rings. The fourth-order valence-corrected chi connectivity index (χ4v) is 2.05. The Morgan fingerprint density at radius 2 is 2.06 bits per heavy atom. The van der Waals surface area contributed by atoms with Gasteiger partial charge < -0.3 is 10.1 Å². The molecule has 0 spiro atoms. The summed E-state index contributed by atoms with van der Waals surface area (Å²) >= 11 is 3.53. The number of halogens is 1. The molecule has 2 unspecified atom stereocenters. The molecule has 0 fully saturated rings. The van der Waals surface area contributed by atoms with E-state index < -0.39 is 0 Å². The lowest BCUT2D eigenvalue weighted by molar-refractivity contribution is 0.232. The van der Waals surface area contributed by atoms with E-state index in [4.69, 9.17) is 4.74 Å². The Hall–Kier alpha value is -0.840. The second kappa shape index (κ2) is 6.79. The number of ether oxygens (including phenoxy) is 1. The van der Waals surface area contributed by atoms with Crippen LogP contribution in [-0.4, -0.2) is 26.9 Å². The summed E-state index contributed by atoms with van der Waals surface area (Å²) in [6.07, 6.45) is 2.84. The lowest BCUT2D eigenvalue weighted by atomic mass is 10.2. The monoisotopic (exact) mass is 301 g/mol. The highest BCUT2D eigenvalue weighted by molar-refractivity contribution is 9.09. The highest BCUT2D eigenvalue weighted by Crippen LogP contribution is 2.13. The minimum atomic E-state index is 0.123. The molecule has 0 aliphatic heterocycles. The normalized spacial score (nSPS) is 14.5. The first kappa shape index (κ1) is 14.2. The number of nitrogens with one attached hydrogen (secondary N) is 1. The van der Waals surface area contributed by atoms with Crippen LogP contribution >= 0.6 is 15.9 Å². The largest absolute Gasteiger partial charge is 0.475 e. The van der Waals surface area contributed by atoms with Crippen molar-refractivity contribution in [3.05, 3.63) is 12.3 Å². The Bertz CT molecular complexity index is 344. The van der Waals surface area contributed by atoms with Gasteiger partial charge in [0.2, 0.25) is 11.8 Å². The van der Waals surface area contributed by atoms with Crippen molar-refractivity contribution in [2.45, 2.75) is 51.1 Å². The lowest BCUT2D eigenvalue weighted by Crippen LogP contribution is -2.20. The molecule has 0 radical (unpaired) electrons. The van der Waals surface area contributed by atoms with E-state index in [0.29, 0.717) is 22.7 Å². The molecular weight excluding hydrogens is 282 g/mol. The molecule has 1 aromatic rings. The zero-order valence-electron chi connectivity index (χ0n) is 10.8. The van der Waals surface area contributed by atoms with Gasteiger partial charge in [0.25, 0.3) is 0 Å². The van der Waals surface area contributed by atoms with E-state index in [1.54, 1.807) is 12.3 Å². The van der Waals surface area contributed by atoms with E-state index in [0.717, 1.165) is 6.42 Å². The molecule has 0 amide bonds. The van der Waals surface area contributed by atoms with Crippen LogP contribution in [0.5, 0.6) is 5.88 Å². The quantitative estimate of drug-likeness (QED) is 0.820. The molecular formula is C12H20BrN3O. The molecule has 0 bridgehead atoms. The van der Waals surface area contributed by atoms with E-state index >= 15 is 0 Å². The maximum atomic E-state index is 5.52. The maximum absolute atomic E-state index is 5.52. The van der Waals surface area contributed by atoms with Crippen molar-refractivity contribution >= 4 is 21.9 Å². The van der Waals surface area contributed by atoms with E-state index in [-0.39, 0.29) is 6.10 Å². The molecule has 0 aromatic carbocycles. The molecule has 5 heteroatoms. The van der Waals surface area contributed by atoms with E-state index in [1.165, 1.54) is 0 Å². The van der Waals surface area contributed by atoms with Gasteiger partial charge in [-0.25, -0.2) is 4.98 Å². The number of nitrogens with zero attached hydrogens (tertiary/aromatic N) is 2. The standard InChI is InChI=1S/C12H20BrN3O/c1-8(2)17-11-5-6-14-12(16-11)15-10(4)7-9(3)13/h5-6,8-10H,7H2,1-4H3,(H,14,15,16). The molecule has 1 rings (SSSR count). The van der Waals surface area contributed by atoms with Crippen molar-refractivity contribution in [2.24, 2.45) is 0 Å². The first-order chi connectivity index (χ1) is 7.97. The van der Waals surface area contributed by atoms with Crippen molar-refractivity contribution in [3.63, 3.8) is 0 Å². The van der Waals surface area contributed by atoms with Crippen LogP contribution in [0.2, 0.25) is 0 Å². The third kappa shape index (κ3) is 5.86. The van der Waals surface area contributed by atoms with Crippen LogP contribution in [-0.2, 0) is 0 Å². The number of hydrogen-bond acceptors (Lipinski definition) is 4. The molecule has 0 aliphatic carbocycles. The molecule has 0 saturated heterocycles. The van der Waals surface area contributed by atoms with Gasteiger partial charge in [-0.15, -0.1) is 0 Å². The summed E-state index contributed by atoms with van der Waals surface area (Å²) in [5.74, 6) is 1.22. The van der Waals surface area contributed by atoms with Gasteiger partial charge in [0.1, 0.15) is 0 Å². The van der Waals surface area contributed by atoms with Gasteiger partial charge in [0, 0.05) is 23.1 Å². The minimum Gasteiger partial charge on any atom is -0.475 e. The number of anilines is 1. The number of alkyl halides is 1. The zero-order chi connectivity index (χ0) is 12.8. The number of aromatic nitrogens is 2. The van der Waals surface area contributed by atoms with Crippen LogP contribution in [0.3, 0.4) is 0 Å². The average Bonchev–Trinajstić information content (AvgIpc) is 2.14. The van der Waals surface area contributed by atoms with Crippen molar-refractivity contribution < 1.29 is 4.74 Å². The molecule has 1 heterocycles. The van der Waals surface area contributed by atoms with E-state index in [9.17, 15) is 0 Å². The summed E-state index contributed by atoms with van der Waals surface area (Å²) in [5, 5.41) is 3.25. The van der Waals surface area contributed by atoms with Crippen LogP contribution in [0.4, 0.5) is 5.95 Å². The zero-order valence-corrected chi connectivity index (χ0v) is 12.4. The summed E-state index contributed by atoms with van der Waals surface area (Å²) in [5.41, 5.74) is 0. The smallest absolute Gasteiger partial charge is 0.226 e. The van der Waals surface area contributed by atoms with Gasteiger partial charge >= 0.3 is 0 Å². The Morgan fingerprint density at radius 1 is 1.35 bits per heavy atom. The number of hydrogen-bond donors (Lipinski definition) is 1. The van der Waals surface area contributed by atoms with Gasteiger partial charge in [-0.1, -0.05) is 22.9 Å². The summed E-state index contributed by atoms with van der Waals surface area (Å²) in [6.45, 7) is 8.18. The maximum Gasteiger partial charge on any atom is 0.226 e. The Morgan fingerprint density at radius 3 is 2.65 bits per heavy atom. The third-order valence-electron chi connectivity index (χ3n) is 2.04. The minimum absolute atomic E-state index is 0.123. The summed E-state index contributed by atoms with van der Waals surface area (Å²) in [7, 11) is 0. The highest BCUT2D eigenvalue weighted by Gasteiger charge is 2.08. The fourth-order valence-electron chi connectivity index (χ4n) is 1.49. The van der Waals surface area contributed by atoms with Gasteiger partial charge in [0.15, 0.2) is 0 Å². The topological polar surface area (TPSA) is 47.0 Å². The Kier molecular flexibility index (Phi) is 5.68. The molecule has 96 valence electrons. The van der Waals surface area contributed by atoms with Crippen LogP contribution in [0.25, 0.3) is 0 Å². The van der Waals surface area contributed by atoms with Crippen LogP contribution in [0, 0.1) is 0 Å². The Labute approximate surface area is 111 Å². The molecule has 17 heavy (non-hydrogen) atoms. The van der Waals surface area contributed by atoms with E-state index in [2.05, 4.69) is 45.1 Å². The highest BCUT2D eigenvalue weighted by atomic mass is 79.9. The first-order valence-electron chi connectivity index (χ1n) is 5.87. The molecule has 1 aromatic heterocycles. The first-order valence-corrected chi connectivity index (χ1v) is 6.79. The van der Waals surface area contributed by atoms with Crippen molar-refractivity contribution in [1.29, 1.82) is 0 Å². The SMILES string of the molecule is CC(Br)CC(C)Nc1nccc(OC(C)C)n1. The molecule has 1 N–H and O–H groups in total. The second-order valence-electron chi connectivity index (χ2n) is 4.45. The fraction of sp³-hybridized carbons (Fsp3) is 0.667. The number of rotatable bonds is 6. The van der Waals surface area contributed by atoms with Gasteiger partial charge in [-0.2, -0.15) is 4.98 Å². The van der Waals surface area contributed by atoms with Crippen LogP contribution < -0.4 is 10.1 Å². The van der Waals surface area contributed by atoms with Crippen molar-refractivity contribution in [1.82, 2.24) is 9.97 Å². The summed E-state index contributed by atoms with van der Waals surface area (Å²) < 4.78 is 5.52. The van der Waals surface area contributed by atoms with Crippen LogP contribution in [0.15, 0.2) is 12.3 Å². The summed E-state index contributed by atoms with van der Waals surface area (Å²) in [6, 6.07) is 2.09. The molecule has 4 nitrogen and oxygen atoms in total. The van der Waals surface area contributed by atoms with E-state index in [1.807, 2.05) is 13.8 Å². The predicted octanol–water partition coefficient (Wildman–Crippen LogP) is 3.24. The van der Waals surface area contributed by atoms with Gasteiger partial charge in [-0.05, 0) is 27.2 Å². The van der Waals surface area contributed by atoms with Crippen molar-refractivity contribution in [2.75, 3.05) is 5.32 Å². The van der Waals surface area contributed by atoms with Crippen molar-refractivity contribution in [3.8, 4) is 5.88 Å².